The van der Waals surface area contributed by atoms with Gasteiger partial charge in [0, 0.05) is 4.47 Å². The van der Waals surface area contributed by atoms with E-state index < -0.39 is 18.4 Å². The summed E-state index contributed by atoms with van der Waals surface area (Å²) in [7, 11) is 0. The monoisotopic (exact) mass is 296 g/mol. The molecule has 1 rings (SSSR count). The molecule has 0 spiro atoms. The van der Waals surface area contributed by atoms with Gasteiger partial charge in [0.2, 0.25) is 0 Å². The van der Waals surface area contributed by atoms with Crippen molar-refractivity contribution in [2.75, 3.05) is 6.67 Å². The van der Waals surface area contributed by atoms with Crippen LogP contribution in [-0.2, 0) is 6.18 Å². The fraction of sp³-hybridized carbons (Fsp3) is 0.273. The van der Waals surface area contributed by atoms with Gasteiger partial charge < -0.3 is 0 Å². The second-order valence-corrected chi connectivity index (χ2v) is 3.97. The molecule has 0 amide bonds. The Bertz CT molecular complexity index is 382. The number of benzene rings is 1. The minimum atomic E-state index is -4.36. The molecule has 1 aromatic carbocycles. The maximum atomic E-state index is 12.4. The zero-order chi connectivity index (χ0) is 12.2. The maximum absolute atomic E-state index is 12.4. The van der Waals surface area contributed by atoms with Crippen LogP contribution in [0.4, 0.5) is 17.6 Å². The van der Waals surface area contributed by atoms with Crippen LogP contribution in [0.3, 0.4) is 0 Å². The van der Waals surface area contributed by atoms with Crippen LogP contribution in [0.1, 0.15) is 17.5 Å². The number of rotatable bonds is 3. The highest BCUT2D eigenvalue weighted by molar-refractivity contribution is 9.10. The topological polar surface area (TPSA) is 0 Å². The summed E-state index contributed by atoms with van der Waals surface area (Å²) in [6, 6.07) is 3.35. The fourth-order valence-electron chi connectivity index (χ4n) is 1.12. The highest BCUT2D eigenvalue weighted by Gasteiger charge is 2.30. The van der Waals surface area contributed by atoms with Gasteiger partial charge in [0.1, 0.15) is 0 Å². The molecule has 0 unspecified atom stereocenters. The molecule has 1 aromatic rings. The minimum absolute atomic E-state index is 0.197. The number of alkyl halides is 4. The molecule has 0 fully saturated rings. The lowest BCUT2D eigenvalue weighted by atomic mass is 10.1. The molecule has 0 aliphatic heterocycles. The van der Waals surface area contributed by atoms with E-state index >= 15 is 0 Å². The van der Waals surface area contributed by atoms with Gasteiger partial charge in [-0.25, -0.2) is 0 Å². The Kier molecular flexibility index (Phi) is 4.53. The Balaban J connectivity index is 3.00. The van der Waals surface area contributed by atoms with Crippen LogP contribution in [0, 0.1) is 0 Å². The first-order chi connectivity index (χ1) is 7.45. The summed E-state index contributed by atoms with van der Waals surface area (Å²) in [4.78, 5) is 0. The Hall–Kier alpha value is -0.840. The summed E-state index contributed by atoms with van der Waals surface area (Å²) >= 11 is 3.14. The third-order valence-electron chi connectivity index (χ3n) is 1.90. The Labute approximate surface area is 99.1 Å². The lowest BCUT2D eigenvalue weighted by molar-refractivity contribution is -0.137. The van der Waals surface area contributed by atoms with Crippen molar-refractivity contribution in [2.45, 2.75) is 12.6 Å². The van der Waals surface area contributed by atoms with Gasteiger partial charge in [0.25, 0.3) is 0 Å². The summed E-state index contributed by atoms with van der Waals surface area (Å²) in [6.45, 7) is -0.521. The van der Waals surface area contributed by atoms with Gasteiger partial charge in [-0.2, -0.15) is 13.2 Å². The molecule has 0 saturated carbocycles. The van der Waals surface area contributed by atoms with Crippen molar-refractivity contribution in [3.05, 3.63) is 39.9 Å². The molecular formula is C11H9BrF4. The molecular weight excluding hydrogens is 288 g/mol. The van der Waals surface area contributed by atoms with Gasteiger partial charge in [0.05, 0.1) is 12.2 Å². The van der Waals surface area contributed by atoms with Crippen LogP contribution in [0.25, 0.3) is 6.08 Å². The van der Waals surface area contributed by atoms with Gasteiger partial charge in [0.15, 0.2) is 0 Å². The van der Waals surface area contributed by atoms with Crippen molar-refractivity contribution in [3.63, 3.8) is 0 Å². The second kappa shape index (κ2) is 5.48. The van der Waals surface area contributed by atoms with Crippen molar-refractivity contribution in [1.29, 1.82) is 0 Å². The average Bonchev–Trinajstić information content (AvgIpc) is 2.19. The first-order valence-electron chi connectivity index (χ1n) is 4.54. The number of halogens is 5. The number of hydrogen-bond donors (Lipinski definition) is 0. The van der Waals surface area contributed by atoms with E-state index in [1.165, 1.54) is 18.2 Å². The molecule has 88 valence electrons. The van der Waals surface area contributed by atoms with Gasteiger partial charge >= 0.3 is 6.18 Å². The molecule has 0 atom stereocenters. The lowest BCUT2D eigenvalue weighted by Crippen LogP contribution is -2.04. The molecule has 16 heavy (non-hydrogen) atoms. The van der Waals surface area contributed by atoms with Crippen LogP contribution in [0.5, 0.6) is 0 Å². The Morgan fingerprint density at radius 3 is 2.50 bits per heavy atom. The summed E-state index contributed by atoms with van der Waals surface area (Å²) < 4.78 is 49.5. The highest BCUT2D eigenvalue weighted by Crippen LogP contribution is 2.32. The predicted molar refractivity (Wildman–Crippen MR) is 58.8 cm³/mol. The molecule has 5 heteroatoms. The predicted octanol–water partition coefficient (Wildman–Crippen LogP) is 4.84. The van der Waals surface area contributed by atoms with Crippen LogP contribution < -0.4 is 0 Å². The first kappa shape index (κ1) is 13.2. The molecule has 0 bridgehead atoms. The zero-order valence-electron chi connectivity index (χ0n) is 8.19. The van der Waals surface area contributed by atoms with Crippen molar-refractivity contribution in [2.24, 2.45) is 0 Å². The molecule has 0 saturated heterocycles. The summed E-state index contributed by atoms with van der Waals surface area (Å²) in [6.07, 6.45) is -1.19. The van der Waals surface area contributed by atoms with E-state index in [1.54, 1.807) is 0 Å². The van der Waals surface area contributed by atoms with Crippen molar-refractivity contribution in [3.8, 4) is 0 Å². The molecule has 0 nitrogen and oxygen atoms in total. The van der Waals surface area contributed by atoms with E-state index in [0.717, 1.165) is 12.1 Å². The SMILES string of the molecule is FCC/C=C/c1cc(C(F)(F)F)ccc1Br. The number of hydrogen-bond acceptors (Lipinski definition) is 0. The van der Waals surface area contributed by atoms with Crippen molar-refractivity contribution in [1.82, 2.24) is 0 Å². The standard InChI is InChI=1S/C11H9BrF4/c12-10-5-4-9(11(14,15)16)7-8(10)3-1-2-6-13/h1,3-5,7H,2,6H2/b3-1+. The third-order valence-corrected chi connectivity index (χ3v) is 2.62. The van der Waals surface area contributed by atoms with Gasteiger partial charge in [-0.15, -0.1) is 0 Å². The van der Waals surface area contributed by atoms with Gasteiger partial charge in [-0.3, -0.25) is 4.39 Å². The van der Waals surface area contributed by atoms with Gasteiger partial charge in [-0.05, 0) is 30.2 Å². The molecule has 0 radical (unpaired) electrons. The molecule has 0 heterocycles. The summed E-state index contributed by atoms with van der Waals surface area (Å²) in [5.74, 6) is 0. The second-order valence-electron chi connectivity index (χ2n) is 3.11. The lowest BCUT2D eigenvalue weighted by Gasteiger charge is -2.08. The van der Waals surface area contributed by atoms with E-state index in [9.17, 15) is 17.6 Å². The zero-order valence-corrected chi connectivity index (χ0v) is 9.78. The summed E-state index contributed by atoms with van der Waals surface area (Å²) in [5.41, 5.74) is -0.320. The summed E-state index contributed by atoms with van der Waals surface area (Å²) in [5, 5.41) is 0. The van der Waals surface area contributed by atoms with E-state index in [0.29, 0.717) is 10.0 Å². The quantitative estimate of drug-likeness (QED) is 0.700. The Morgan fingerprint density at radius 2 is 1.94 bits per heavy atom. The number of allylic oxidation sites excluding steroid dienone is 1. The van der Waals surface area contributed by atoms with Crippen LogP contribution in [0.2, 0.25) is 0 Å². The maximum Gasteiger partial charge on any atom is 0.416 e. The first-order valence-corrected chi connectivity index (χ1v) is 5.33. The van der Waals surface area contributed by atoms with Crippen LogP contribution >= 0.6 is 15.9 Å². The van der Waals surface area contributed by atoms with Crippen molar-refractivity contribution < 1.29 is 17.6 Å². The van der Waals surface area contributed by atoms with Crippen LogP contribution in [0.15, 0.2) is 28.7 Å². The Morgan fingerprint density at radius 1 is 1.25 bits per heavy atom. The van der Waals surface area contributed by atoms with E-state index in [2.05, 4.69) is 15.9 Å². The normalized spacial score (nSPS) is 12.3. The fourth-order valence-corrected chi connectivity index (χ4v) is 1.50. The van der Waals surface area contributed by atoms with E-state index in [1.807, 2.05) is 0 Å². The third kappa shape index (κ3) is 3.63. The minimum Gasteiger partial charge on any atom is -0.251 e. The average molecular weight is 297 g/mol. The van der Waals surface area contributed by atoms with E-state index in [-0.39, 0.29) is 6.42 Å². The van der Waals surface area contributed by atoms with Crippen molar-refractivity contribution >= 4 is 22.0 Å². The van der Waals surface area contributed by atoms with Crippen LogP contribution in [-0.4, -0.2) is 6.67 Å². The van der Waals surface area contributed by atoms with Gasteiger partial charge in [-0.1, -0.05) is 28.1 Å². The van der Waals surface area contributed by atoms with E-state index in [4.69, 9.17) is 0 Å². The largest absolute Gasteiger partial charge is 0.416 e. The molecule has 0 aliphatic carbocycles. The molecule has 0 N–H and O–H groups in total. The molecule has 0 aromatic heterocycles. The molecule has 0 aliphatic rings. The highest BCUT2D eigenvalue weighted by atomic mass is 79.9. The smallest absolute Gasteiger partial charge is 0.251 e.